The van der Waals surface area contributed by atoms with Crippen molar-refractivity contribution in [1.29, 1.82) is 0 Å². The summed E-state index contributed by atoms with van der Waals surface area (Å²) in [7, 11) is -2.13. The maximum Gasteiger partial charge on any atom is 0.218 e. The van der Waals surface area contributed by atoms with Crippen molar-refractivity contribution in [2.45, 2.75) is 23.0 Å². The first-order valence-electron chi connectivity index (χ1n) is 9.10. The number of nitrogens with one attached hydrogen (secondary N) is 1. The molecule has 2 aromatic heterocycles. The van der Waals surface area contributed by atoms with Crippen LogP contribution in [0.25, 0.3) is 0 Å². The van der Waals surface area contributed by atoms with Crippen LogP contribution in [-0.4, -0.2) is 50.3 Å². The van der Waals surface area contributed by atoms with E-state index in [0.29, 0.717) is 48.2 Å². The second-order valence-electron chi connectivity index (χ2n) is 6.00. The van der Waals surface area contributed by atoms with Gasteiger partial charge in [-0.25, -0.2) is 18.4 Å². The molecule has 0 aliphatic rings. The molecule has 3 rings (SSSR count). The van der Waals surface area contributed by atoms with Gasteiger partial charge in [-0.2, -0.15) is 4.98 Å². The minimum Gasteiger partial charge on any atom is -0.494 e. The Labute approximate surface area is 179 Å². The lowest BCUT2D eigenvalue weighted by atomic mass is 10.3. The fourth-order valence-corrected chi connectivity index (χ4v) is 4.95. The molecule has 0 fully saturated rings. The Hall–Kier alpha value is -2.76. The van der Waals surface area contributed by atoms with Gasteiger partial charge >= 0.3 is 0 Å². The summed E-state index contributed by atoms with van der Waals surface area (Å²) in [6, 6.07) is 8.01. The first kappa shape index (κ1) is 21.9. The average Bonchev–Trinajstić information content (AvgIpc) is 3.18. The van der Waals surface area contributed by atoms with Gasteiger partial charge in [0.25, 0.3) is 0 Å². The molecule has 2 heterocycles. The van der Waals surface area contributed by atoms with Crippen molar-refractivity contribution in [3.63, 3.8) is 0 Å². The lowest BCUT2D eigenvalue weighted by molar-refractivity contribution is 0.143. The van der Waals surface area contributed by atoms with Crippen LogP contribution in [0.5, 0.6) is 11.6 Å². The first-order valence-corrected chi connectivity index (χ1v) is 11.4. The molecule has 3 aromatic rings. The largest absolute Gasteiger partial charge is 0.494 e. The highest BCUT2D eigenvalue weighted by atomic mass is 32.2. The molecule has 0 atom stereocenters. The lowest BCUT2D eigenvalue weighted by Gasteiger charge is -2.08. The number of rotatable bonds is 10. The highest BCUT2D eigenvalue weighted by molar-refractivity contribution is 7.93. The van der Waals surface area contributed by atoms with Crippen LogP contribution in [0.3, 0.4) is 0 Å². The van der Waals surface area contributed by atoms with Gasteiger partial charge in [0.1, 0.15) is 28.2 Å². The number of sulfone groups is 1. The van der Waals surface area contributed by atoms with Crippen molar-refractivity contribution >= 4 is 32.1 Å². The van der Waals surface area contributed by atoms with E-state index in [1.165, 1.54) is 18.3 Å². The number of nitrogens with zero attached hydrogens (tertiary/aromatic N) is 3. The molecule has 160 valence electrons. The Morgan fingerprint density at radius 3 is 2.73 bits per heavy atom. The van der Waals surface area contributed by atoms with Crippen molar-refractivity contribution in [2.75, 3.05) is 32.2 Å². The van der Waals surface area contributed by atoms with Gasteiger partial charge in [0.15, 0.2) is 5.13 Å². The van der Waals surface area contributed by atoms with E-state index in [4.69, 9.17) is 14.2 Å². The van der Waals surface area contributed by atoms with Crippen molar-refractivity contribution in [3.05, 3.63) is 42.4 Å². The van der Waals surface area contributed by atoms with E-state index in [-0.39, 0.29) is 9.10 Å². The van der Waals surface area contributed by atoms with Crippen LogP contribution < -0.4 is 14.8 Å². The molecule has 0 unspecified atom stereocenters. The molecule has 0 saturated carbocycles. The van der Waals surface area contributed by atoms with Gasteiger partial charge in [-0.15, -0.1) is 0 Å². The fraction of sp³-hybridized carbons (Fsp3) is 0.316. The van der Waals surface area contributed by atoms with E-state index < -0.39 is 9.84 Å². The normalized spacial score (nSPS) is 11.3. The van der Waals surface area contributed by atoms with E-state index in [1.807, 2.05) is 6.92 Å². The summed E-state index contributed by atoms with van der Waals surface area (Å²) in [5, 5.41) is 3.39. The van der Waals surface area contributed by atoms with E-state index in [9.17, 15) is 8.42 Å². The van der Waals surface area contributed by atoms with Gasteiger partial charge in [0.05, 0.1) is 24.3 Å². The number of hydrogen-bond acceptors (Lipinski definition) is 10. The predicted molar refractivity (Wildman–Crippen MR) is 113 cm³/mol. The second kappa shape index (κ2) is 9.83. The predicted octanol–water partition coefficient (Wildman–Crippen LogP) is 3.24. The highest BCUT2D eigenvalue weighted by Gasteiger charge is 2.22. The molecule has 0 spiro atoms. The Kier molecular flexibility index (Phi) is 7.19. The minimum atomic E-state index is -3.72. The zero-order chi connectivity index (χ0) is 21.6. The highest BCUT2D eigenvalue weighted by Crippen LogP contribution is 2.31. The third-order valence-corrected chi connectivity index (χ3v) is 6.89. The summed E-state index contributed by atoms with van der Waals surface area (Å²) in [4.78, 5) is 12.8. The quantitative estimate of drug-likeness (QED) is 0.465. The number of aromatic nitrogens is 3. The van der Waals surface area contributed by atoms with Crippen molar-refractivity contribution in [3.8, 4) is 11.6 Å². The van der Waals surface area contributed by atoms with E-state index in [0.717, 1.165) is 11.3 Å². The van der Waals surface area contributed by atoms with Crippen molar-refractivity contribution in [2.24, 2.45) is 0 Å². The van der Waals surface area contributed by atoms with Crippen molar-refractivity contribution < 1.29 is 22.6 Å². The molecule has 0 radical (unpaired) electrons. The number of thiazole rings is 1. The van der Waals surface area contributed by atoms with Gasteiger partial charge in [-0.05, 0) is 32.0 Å². The number of hydrogen-bond donors (Lipinski definition) is 1. The molecule has 0 bridgehead atoms. The summed E-state index contributed by atoms with van der Waals surface area (Å²) >= 11 is 1.01. The van der Waals surface area contributed by atoms with Crippen LogP contribution in [0.2, 0.25) is 0 Å². The maximum absolute atomic E-state index is 12.9. The monoisotopic (exact) mass is 450 g/mol. The maximum atomic E-state index is 12.9. The van der Waals surface area contributed by atoms with Crippen LogP contribution >= 0.6 is 11.3 Å². The number of benzene rings is 1. The molecule has 9 nitrogen and oxygen atoms in total. The zero-order valence-electron chi connectivity index (χ0n) is 16.8. The molecule has 1 N–H and O–H groups in total. The van der Waals surface area contributed by atoms with E-state index in [1.54, 1.807) is 32.2 Å². The summed E-state index contributed by atoms with van der Waals surface area (Å²) in [6.07, 6.45) is 1.32. The SMILES string of the molecule is CCOc1cccc(S(=O)(=O)c2cnc(Nc3cc(OCCOC)nc(C)n3)s2)c1. The van der Waals surface area contributed by atoms with Gasteiger partial charge < -0.3 is 19.5 Å². The van der Waals surface area contributed by atoms with Gasteiger partial charge in [-0.3, -0.25) is 0 Å². The van der Waals surface area contributed by atoms with Gasteiger partial charge in [0.2, 0.25) is 15.7 Å². The smallest absolute Gasteiger partial charge is 0.218 e. The van der Waals surface area contributed by atoms with Gasteiger partial charge in [-0.1, -0.05) is 17.4 Å². The topological polar surface area (TPSA) is 113 Å². The lowest BCUT2D eigenvalue weighted by Crippen LogP contribution is -2.07. The van der Waals surface area contributed by atoms with Gasteiger partial charge in [0, 0.05) is 13.2 Å². The molecule has 0 amide bonds. The van der Waals surface area contributed by atoms with Crippen LogP contribution in [0.1, 0.15) is 12.7 Å². The van der Waals surface area contributed by atoms with Crippen LogP contribution in [0.15, 0.2) is 45.6 Å². The summed E-state index contributed by atoms with van der Waals surface area (Å²) in [5.74, 6) is 1.84. The molecular formula is C19H22N4O5S2. The third-order valence-electron chi connectivity index (χ3n) is 3.76. The Morgan fingerprint density at radius 1 is 1.13 bits per heavy atom. The van der Waals surface area contributed by atoms with E-state index in [2.05, 4.69) is 20.3 Å². The standard InChI is InChI=1S/C19H22N4O5S2/c1-4-27-14-6-5-7-15(10-14)30(24,25)18-12-20-19(29-18)23-16-11-17(22-13(2)21-16)28-9-8-26-3/h5-7,10-12H,4,8-9H2,1-3H3,(H,20,21,22,23). The molecule has 11 heteroatoms. The second-order valence-corrected chi connectivity index (χ2v) is 9.21. The van der Waals surface area contributed by atoms with E-state index >= 15 is 0 Å². The van der Waals surface area contributed by atoms with Crippen molar-refractivity contribution in [1.82, 2.24) is 15.0 Å². The van der Waals surface area contributed by atoms with Crippen LogP contribution in [-0.2, 0) is 14.6 Å². The number of anilines is 2. The molecule has 1 aromatic carbocycles. The third kappa shape index (κ3) is 5.43. The fourth-order valence-electron chi connectivity index (χ4n) is 2.47. The van der Waals surface area contributed by atoms with Crippen LogP contribution in [0, 0.1) is 6.92 Å². The average molecular weight is 451 g/mol. The molecule has 0 saturated heterocycles. The number of ether oxygens (including phenoxy) is 3. The van der Waals surface area contributed by atoms with Crippen LogP contribution in [0.4, 0.5) is 10.9 Å². The Morgan fingerprint density at radius 2 is 1.97 bits per heavy atom. The molecule has 0 aliphatic heterocycles. The Bertz CT molecular complexity index is 1100. The Balaban J connectivity index is 1.79. The molecular weight excluding hydrogens is 428 g/mol. The summed E-state index contributed by atoms with van der Waals surface area (Å²) in [6.45, 7) is 4.81. The zero-order valence-corrected chi connectivity index (χ0v) is 18.4. The molecule has 30 heavy (non-hydrogen) atoms. The molecule has 0 aliphatic carbocycles. The number of aryl methyl sites for hydroxylation is 1. The number of methoxy groups -OCH3 is 1. The summed E-state index contributed by atoms with van der Waals surface area (Å²) in [5.41, 5.74) is 0. The minimum absolute atomic E-state index is 0.112. The first-order chi connectivity index (χ1) is 14.4. The summed E-state index contributed by atoms with van der Waals surface area (Å²) < 4.78 is 41.9.